The number of rotatable bonds is 60. The third-order valence-electron chi connectivity index (χ3n) is 15.9. The van der Waals surface area contributed by atoms with Gasteiger partial charge in [-0.15, -0.1) is 15.3 Å². The minimum atomic E-state index is -1.21. The number of hydrogen-bond donors (Lipinski definition) is 8. The molecule has 35 nitrogen and oxygen atoms in total. The van der Waals surface area contributed by atoms with E-state index < -0.39 is 36.4 Å². The van der Waals surface area contributed by atoms with Crippen LogP contribution in [0, 0.1) is 5.92 Å². The van der Waals surface area contributed by atoms with E-state index in [4.69, 9.17) is 47.4 Å². The summed E-state index contributed by atoms with van der Waals surface area (Å²) in [6.45, 7) is 6.16. The highest BCUT2D eigenvalue weighted by atomic mass is 16.6. The second-order valence-electron chi connectivity index (χ2n) is 24.0. The summed E-state index contributed by atoms with van der Waals surface area (Å²) in [4.78, 5) is 91.3. The van der Waals surface area contributed by atoms with Crippen molar-refractivity contribution in [3.05, 3.63) is 47.8 Å². The van der Waals surface area contributed by atoms with Gasteiger partial charge in [0.15, 0.2) is 0 Å². The minimum Gasteiger partial charge on any atom is -0.394 e. The molecule has 8 N–H and O–H groups in total. The number of unbranched alkanes of at least 4 members (excludes halogenated alkanes) is 7. The predicted octanol–water partition coefficient (Wildman–Crippen LogP) is -1.20. The van der Waals surface area contributed by atoms with E-state index in [-0.39, 0.29) is 185 Å². The Balaban J connectivity index is 1.04. The van der Waals surface area contributed by atoms with E-state index in [0.29, 0.717) is 91.0 Å². The zero-order chi connectivity index (χ0) is 71.0. The SMILES string of the molecule is Cn1cc(COCCOCCOCCNC(=O)CCC(CCC(=O)NCCOCCOCCOCc2cn(C)nn2)(CCC(=O)NCCOCCOCCOCc2cn(C[C@H]3CO[C@H](CO)[C@H](O)[C@@H]3O)nn2)NC(=O)CCCCCCCCCCC(=O)NCCN2C(=O)C=CC2=O)nn1. The van der Waals surface area contributed by atoms with Crippen LogP contribution in [0.3, 0.4) is 0 Å². The van der Waals surface area contributed by atoms with E-state index >= 15 is 0 Å². The molecule has 2 aliphatic heterocycles. The Hall–Kier alpha value is -6.87. The van der Waals surface area contributed by atoms with Gasteiger partial charge in [-0.2, -0.15) is 0 Å². The van der Waals surface area contributed by atoms with E-state index in [1.54, 1.807) is 42.0 Å². The van der Waals surface area contributed by atoms with E-state index in [1.807, 2.05) is 0 Å². The summed E-state index contributed by atoms with van der Waals surface area (Å²) in [5, 5.41) is 68.5. The lowest BCUT2D eigenvalue weighted by molar-refractivity contribution is -0.177. The molecule has 7 amide bonds. The summed E-state index contributed by atoms with van der Waals surface area (Å²) in [6, 6.07) is 0. The highest BCUT2D eigenvalue weighted by Crippen LogP contribution is 2.27. The highest BCUT2D eigenvalue weighted by Gasteiger charge is 2.38. The molecule has 1 saturated heterocycles. The molecule has 0 aromatic carbocycles. The Morgan fingerprint density at radius 1 is 0.485 bits per heavy atom. The first-order chi connectivity index (χ1) is 48.1. The van der Waals surface area contributed by atoms with Gasteiger partial charge in [0, 0.05) is 103 Å². The molecule has 3 aromatic rings. The van der Waals surface area contributed by atoms with E-state index in [2.05, 4.69) is 57.5 Å². The van der Waals surface area contributed by atoms with Gasteiger partial charge >= 0.3 is 0 Å². The molecule has 0 bridgehead atoms. The van der Waals surface area contributed by atoms with Gasteiger partial charge in [0.25, 0.3) is 11.8 Å². The lowest BCUT2D eigenvalue weighted by Crippen LogP contribution is -2.52. The molecule has 35 heteroatoms. The summed E-state index contributed by atoms with van der Waals surface area (Å²) >= 11 is 0. The van der Waals surface area contributed by atoms with Gasteiger partial charge in [-0.3, -0.25) is 52.5 Å². The van der Waals surface area contributed by atoms with Crippen LogP contribution in [0.5, 0.6) is 0 Å². The van der Waals surface area contributed by atoms with Gasteiger partial charge in [0.1, 0.15) is 29.3 Å². The molecule has 2 aliphatic rings. The van der Waals surface area contributed by atoms with Gasteiger partial charge in [-0.1, -0.05) is 54.2 Å². The van der Waals surface area contributed by atoms with Crippen LogP contribution in [0.4, 0.5) is 0 Å². The second kappa shape index (κ2) is 50.5. The number of carbonyl (C=O) groups is 7. The second-order valence-corrected chi connectivity index (χ2v) is 24.0. The average Bonchev–Trinajstić information content (AvgIpc) is 1.53. The molecule has 5 heterocycles. The third-order valence-corrected chi connectivity index (χ3v) is 15.9. The van der Waals surface area contributed by atoms with Crippen LogP contribution in [0.25, 0.3) is 0 Å². The standard InChI is InChI=1S/C64H107N15O20/c1-76-42-51(70-73-76)47-96-38-35-93-32-29-90-26-22-66-56(82)15-18-64(19-16-57(83)67-23-27-91-30-33-94-36-39-97-48-52-43-77(2)74-71-52,69-59(85)12-10-8-6-4-3-5-7-9-11-55(81)65-21-25-79-60(86)13-14-61(79)87)20-17-58(84)68-24-28-92-31-34-95-37-40-98-49-53-44-78(75-72-53)41-50-46-99-54(45-80)63(89)62(50)88/h13-14,42-44,50,54,62-63,80,88-89H,3-12,15-41,45-49H2,1-2H3,(H,65,81)(H,66,82)(H,67,83)(H,68,84)(H,69,85)/t50-,54+,62+,63-/m0/s1. The Morgan fingerprint density at radius 2 is 0.859 bits per heavy atom. The number of aryl methyl sites for hydroxylation is 2. The summed E-state index contributed by atoms with van der Waals surface area (Å²) in [7, 11) is 3.56. The largest absolute Gasteiger partial charge is 0.394 e. The van der Waals surface area contributed by atoms with Crippen LogP contribution < -0.4 is 26.6 Å². The average molecular weight is 1410 g/mol. The van der Waals surface area contributed by atoms with Crippen LogP contribution in [-0.4, -0.2) is 275 Å². The molecule has 4 atom stereocenters. The summed E-state index contributed by atoms with van der Waals surface area (Å²) in [6.07, 6.45) is 12.1. The number of aliphatic hydroxyl groups excluding tert-OH is 3. The first-order valence-electron chi connectivity index (χ1n) is 34.4. The van der Waals surface area contributed by atoms with Gasteiger partial charge in [-0.25, -0.2) is 0 Å². The smallest absolute Gasteiger partial charge is 0.253 e. The monoisotopic (exact) mass is 1410 g/mol. The number of nitrogens with one attached hydrogen (secondary N) is 5. The lowest BCUT2D eigenvalue weighted by atomic mass is 9.82. The maximum atomic E-state index is 14.0. The van der Waals surface area contributed by atoms with Crippen molar-refractivity contribution in [2.75, 3.05) is 145 Å². The molecule has 558 valence electrons. The van der Waals surface area contributed by atoms with Gasteiger partial charge < -0.3 is 89.3 Å². The van der Waals surface area contributed by atoms with Crippen molar-refractivity contribution >= 4 is 41.4 Å². The van der Waals surface area contributed by atoms with Crippen LogP contribution >= 0.6 is 0 Å². The Labute approximate surface area is 578 Å². The van der Waals surface area contributed by atoms with Crippen molar-refractivity contribution in [3.8, 4) is 0 Å². The van der Waals surface area contributed by atoms with Crippen molar-refractivity contribution in [3.63, 3.8) is 0 Å². The molecular formula is C64H107N15O20. The fourth-order valence-corrected chi connectivity index (χ4v) is 10.5. The summed E-state index contributed by atoms with van der Waals surface area (Å²) in [5.41, 5.74) is 0.861. The Bertz CT molecular complexity index is 2690. The first-order valence-corrected chi connectivity index (χ1v) is 34.4. The summed E-state index contributed by atoms with van der Waals surface area (Å²) < 4.78 is 60.8. The molecule has 0 spiro atoms. The van der Waals surface area contributed by atoms with Crippen LogP contribution in [0.15, 0.2) is 30.7 Å². The summed E-state index contributed by atoms with van der Waals surface area (Å²) in [5.74, 6) is -2.51. The highest BCUT2D eigenvalue weighted by molar-refractivity contribution is 6.12. The van der Waals surface area contributed by atoms with Crippen LogP contribution in [0.1, 0.15) is 120 Å². The number of hydrogen-bond acceptors (Lipinski definition) is 26. The first kappa shape index (κ1) is 82.8. The molecule has 0 saturated carbocycles. The number of amides is 7. The number of aromatic nitrogens is 9. The fourth-order valence-electron chi connectivity index (χ4n) is 10.5. The Morgan fingerprint density at radius 3 is 1.28 bits per heavy atom. The van der Waals surface area contributed by atoms with E-state index in [9.17, 15) is 48.9 Å². The van der Waals surface area contributed by atoms with Gasteiger partial charge in [0.2, 0.25) is 29.5 Å². The molecule has 0 unspecified atom stereocenters. The van der Waals surface area contributed by atoms with Crippen LogP contribution in [-0.2, 0) is 121 Å². The van der Waals surface area contributed by atoms with E-state index in [0.717, 1.165) is 54.8 Å². The van der Waals surface area contributed by atoms with Crippen molar-refractivity contribution in [1.82, 2.24) is 76.5 Å². The number of imide groups is 1. The third kappa shape index (κ3) is 36.9. The molecule has 5 rings (SSSR count). The Kier molecular flexibility index (Phi) is 42.2. The number of nitrogens with zero attached hydrogens (tertiary/aromatic N) is 10. The molecule has 0 aliphatic carbocycles. The minimum absolute atomic E-state index is 0.0220. The quantitative estimate of drug-likeness (QED) is 0.0243. The van der Waals surface area contributed by atoms with Crippen molar-refractivity contribution < 1.29 is 96.2 Å². The predicted molar refractivity (Wildman–Crippen MR) is 351 cm³/mol. The lowest BCUT2D eigenvalue weighted by Gasteiger charge is -2.36. The molecule has 99 heavy (non-hydrogen) atoms. The zero-order valence-corrected chi connectivity index (χ0v) is 57.6. The number of aliphatic hydroxyl groups is 3. The molecular weight excluding hydrogens is 1300 g/mol. The van der Waals surface area contributed by atoms with Gasteiger partial charge in [0.05, 0.1) is 163 Å². The van der Waals surface area contributed by atoms with Crippen molar-refractivity contribution in [2.24, 2.45) is 20.0 Å². The maximum Gasteiger partial charge on any atom is 0.253 e. The molecule has 3 aromatic heterocycles. The zero-order valence-electron chi connectivity index (χ0n) is 57.6. The maximum absolute atomic E-state index is 14.0. The van der Waals surface area contributed by atoms with Crippen molar-refractivity contribution in [2.45, 2.75) is 153 Å². The topological polar surface area (TPSA) is 428 Å². The van der Waals surface area contributed by atoms with E-state index in [1.165, 1.54) is 16.8 Å². The van der Waals surface area contributed by atoms with Crippen LogP contribution in [0.2, 0.25) is 0 Å². The fraction of sp³-hybridized carbons (Fsp3) is 0.766. The molecule has 1 fully saturated rings. The van der Waals surface area contributed by atoms with Gasteiger partial charge in [-0.05, 0) is 32.1 Å². The number of carbonyl (C=O) groups excluding carboxylic acids is 7. The number of ether oxygens (including phenoxy) is 10. The molecule has 0 radical (unpaired) electrons. The normalized spacial score (nSPS) is 16.2. The van der Waals surface area contributed by atoms with Crippen molar-refractivity contribution in [1.29, 1.82) is 0 Å².